The Morgan fingerprint density at radius 2 is 1.66 bits per heavy atom. The van der Waals surface area contributed by atoms with E-state index in [1.807, 2.05) is 37.3 Å². The van der Waals surface area contributed by atoms with Gasteiger partial charge in [-0.2, -0.15) is 0 Å². The molecule has 7 nitrogen and oxygen atoms in total. The number of benzene rings is 2. The smallest absolute Gasteiger partial charge is 0.344 e. The Bertz CT molecular complexity index is 895. The molecule has 154 valence electrons. The second-order valence-electron chi connectivity index (χ2n) is 6.76. The quantitative estimate of drug-likeness (QED) is 0.666. The van der Waals surface area contributed by atoms with Crippen molar-refractivity contribution in [3.63, 3.8) is 0 Å². The predicted molar refractivity (Wildman–Crippen MR) is 106 cm³/mol. The molecule has 29 heavy (non-hydrogen) atoms. The molecule has 2 aromatic carbocycles. The molecule has 0 fully saturated rings. The third-order valence-corrected chi connectivity index (χ3v) is 4.87. The van der Waals surface area contributed by atoms with E-state index >= 15 is 0 Å². The van der Waals surface area contributed by atoms with Crippen LogP contribution in [-0.2, 0) is 27.3 Å². The Labute approximate surface area is 170 Å². The van der Waals surface area contributed by atoms with Gasteiger partial charge in [0.25, 0.3) is 5.91 Å². The molecule has 2 aromatic rings. The molecule has 0 N–H and O–H groups in total. The topological polar surface area (TPSA) is 74.3 Å². The zero-order chi connectivity index (χ0) is 20.8. The molecule has 1 aliphatic heterocycles. The number of hydrogen-bond donors (Lipinski definition) is 0. The number of rotatable bonds is 7. The van der Waals surface area contributed by atoms with Crippen molar-refractivity contribution >= 4 is 11.9 Å². The Kier molecular flexibility index (Phi) is 6.59. The number of nitrogens with zero attached hydrogens (tertiary/aromatic N) is 1. The summed E-state index contributed by atoms with van der Waals surface area (Å²) in [6.07, 6.45) is 0.700. The molecule has 0 saturated carbocycles. The van der Waals surface area contributed by atoms with Gasteiger partial charge >= 0.3 is 5.97 Å². The summed E-state index contributed by atoms with van der Waals surface area (Å²) in [5.74, 6) is 1.10. The molecule has 3 rings (SSSR count). The summed E-state index contributed by atoms with van der Waals surface area (Å²) in [5, 5.41) is 0. The largest absolute Gasteiger partial charge is 0.493 e. The number of esters is 1. The number of amides is 1. The second kappa shape index (κ2) is 9.32. The van der Waals surface area contributed by atoms with Crippen LogP contribution in [0.25, 0.3) is 0 Å². The summed E-state index contributed by atoms with van der Waals surface area (Å²) in [6, 6.07) is 11.2. The van der Waals surface area contributed by atoms with Crippen LogP contribution in [0.4, 0.5) is 0 Å². The molecule has 0 saturated heterocycles. The SMILES string of the molecule is COc1cc2c(cc1OC)CN(C(=O)COC(=O)COc1ccccc1C)CC2. The Morgan fingerprint density at radius 3 is 2.34 bits per heavy atom. The number of carbonyl (C=O) groups is 2. The fourth-order valence-electron chi connectivity index (χ4n) is 3.23. The van der Waals surface area contributed by atoms with Crippen molar-refractivity contribution in [3.05, 3.63) is 53.1 Å². The molecular formula is C22H25NO6. The molecule has 1 amide bonds. The van der Waals surface area contributed by atoms with E-state index in [0.717, 1.165) is 16.7 Å². The van der Waals surface area contributed by atoms with E-state index in [4.69, 9.17) is 18.9 Å². The molecule has 1 heterocycles. The highest BCUT2D eigenvalue weighted by molar-refractivity contribution is 5.81. The minimum Gasteiger partial charge on any atom is -0.493 e. The van der Waals surface area contributed by atoms with Gasteiger partial charge in [0.2, 0.25) is 0 Å². The van der Waals surface area contributed by atoms with E-state index < -0.39 is 5.97 Å². The summed E-state index contributed by atoms with van der Waals surface area (Å²) in [6.45, 7) is 2.34. The predicted octanol–water partition coefficient (Wildman–Crippen LogP) is 2.52. The van der Waals surface area contributed by atoms with Crippen molar-refractivity contribution in [1.82, 2.24) is 4.90 Å². The number of para-hydroxylation sites is 1. The maximum atomic E-state index is 12.5. The lowest BCUT2D eigenvalue weighted by atomic mass is 9.99. The highest BCUT2D eigenvalue weighted by atomic mass is 16.6. The van der Waals surface area contributed by atoms with Crippen molar-refractivity contribution in [2.45, 2.75) is 19.9 Å². The van der Waals surface area contributed by atoms with Crippen LogP contribution < -0.4 is 14.2 Å². The lowest BCUT2D eigenvalue weighted by molar-refractivity contribution is -0.154. The number of aryl methyl sites for hydroxylation is 1. The maximum Gasteiger partial charge on any atom is 0.344 e. The molecule has 0 bridgehead atoms. The number of carbonyl (C=O) groups excluding carboxylic acids is 2. The second-order valence-corrected chi connectivity index (χ2v) is 6.76. The van der Waals surface area contributed by atoms with Gasteiger partial charge in [-0.25, -0.2) is 4.79 Å². The van der Waals surface area contributed by atoms with Crippen molar-refractivity contribution < 1.29 is 28.5 Å². The molecule has 0 aliphatic carbocycles. The van der Waals surface area contributed by atoms with E-state index in [1.54, 1.807) is 25.2 Å². The van der Waals surface area contributed by atoms with Gasteiger partial charge in [-0.3, -0.25) is 4.79 Å². The first-order valence-corrected chi connectivity index (χ1v) is 9.37. The zero-order valence-corrected chi connectivity index (χ0v) is 16.9. The van der Waals surface area contributed by atoms with Crippen molar-refractivity contribution in [2.75, 3.05) is 34.0 Å². The zero-order valence-electron chi connectivity index (χ0n) is 16.9. The molecule has 0 atom stereocenters. The van der Waals surface area contributed by atoms with Crippen molar-refractivity contribution in [1.29, 1.82) is 0 Å². The van der Waals surface area contributed by atoms with Crippen LogP contribution in [0.2, 0.25) is 0 Å². The first-order valence-electron chi connectivity index (χ1n) is 9.37. The number of fused-ring (bicyclic) bond motifs is 1. The minimum absolute atomic E-state index is 0.238. The molecule has 0 unspecified atom stereocenters. The Hall–Kier alpha value is -3.22. The average molecular weight is 399 g/mol. The summed E-state index contributed by atoms with van der Waals surface area (Å²) in [4.78, 5) is 26.1. The van der Waals surface area contributed by atoms with Crippen LogP contribution in [0.5, 0.6) is 17.2 Å². The van der Waals surface area contributed by atoms with Crippen molar-refractivity contribution in [3.8, 4) is 17.2 Å². The third-order valence-electron chi connectivity index (χ3n) is 4.87. The fourth-order valence-corrected chi connectivity index (χ4v) is 3.23. The van der Waals surface area contributed by atoms with Crippen LogP contribution in [0, 0.1) is 6.92 Å². The molecule has 0 radical (unpaired) electrons. The van der Waals surface area contributed by atoms with Gasteiger partial charge in [0.1, 0.15) is 5.75 Å². The number of hydrogen-bond acceptors (Lipinski definition) is 6. The number of ether oxygens (including phenoxy) is 4. The van der Waals surface area contributed by atoms with E-state index in [9.17, 15) is 9.59 Å². The Morgan fingerprint density at radius 1 is 0.966 bits per heavy atom. The first-order chi connectivity index (χ1) is 14.0. The highest BCUT2D eigenvalue weighted by Gasteiger charge is 2.23. The van der Waals surface area contributed by atoms with Gasteiger partial charge < -0.3 is 23.8 Å². The standard InChI is InChI=1S/C22H25NO6/c1-15-6-4-5-7-18(15)28-14-22(25)29-13-21(24)23-9-8-16-10-19(26-2)20(27-3)11-17(16)12-23/h4-7,10-11H,8-9,12-14H2,1-3H3. The lowest BCUT2D eigenvalue weighted by Crippen LogP contribution is -2.39. The Balaban J connectivity index is 1.51. The molecule has 0 aromatic heterocycles. The fraction of sp³-hybridized carbons (Fsp3) is 0.364. The van der Waals surface area contributed by atoms with E-state index in [-0.39, 0.29) is 19.1 Å². The van der Waals surface area contributed by atoms with Gasteiger partial charge in [-0.05, 0) is 48.2 Å². The van der Waals surface area contributed by atoms with Crippen molar-refractivity contribution in [2.24, 2.45) is 0 Å². The van der Waals surface area contributed by atoms with Gasteiger partial charge in [-0.1, -0.05) is 18.2 Å². The molecular weight excluding hydrogens is 374 g/mol. The minimum atomic E-state index is -0.578. The monoisotopic (exact) mass is 399 g/mol. The van der Waals surface area contributed by atoms with Crippen LogP contribution >= 0.6 is 0 Å². The average Bonchev–Trinajstić information content (AvgIpc) is 2.75. The normalized spacial score (nSPS) is 12.7. The van der Waals surface area contributed by atoms with E-state index in [0.29, 0.717) is 36.8 Å². The summed E-state index contributed by atoms with van der Waals surface area (Å²) < 4.78 is 21.2. The lowest BCUT2D eigenvalue weighted by Gasteiger charge is -2.29. The molecule has 0 spiro atoms. The molecule has 1 aliphatic rings. The van der Waals surface area contributed by atoms with E-state index in [2.05, 4.69) is 0 Å². The summed E-state index contributed by atoms with van der Waals surface area (Å²) >= 11 is 0. The van der Waals surface area contributed by atoms with Gasteiger partial charge in [0, 0.05) is 13.1 Å². The van der Waals surface area contributed by atoms with Crippen LogP contribution in [-0.4, -0.2) is 50.8 Å². The van der Waals surface area contributed by atoms with Crippen LogP contribution in [0.1, 0.15) is 16.7 Å². The van der Waals surface area contributed by atoms with Crippen LogP contribution in [0.15, 0.2) is 36.4 Å². The van der Waals surface area contributed by atoms with E-state index in [1.165, 1.54) is 0 Å². The first kappa shape index (κ1) is 20.5. The van der Waals surface area contributed by atoms with Gasteiger partial charge in [0.05, 0.1) is 14.2 Å². The number of methoxy groups -OCH3 is 2. The third kappa shape index (κ3) is 4.99. The van der Waals surface area contributed by atoms with Gasteiger partial charge in [-0.15, -0.1) is 0 Å². The van der Waals surface area contributed by atoms with Gasteiger partial charge in [0.15, 0.2) is 24.7 Å². The maximum absolute atomic E-state index is 12.5. The molecule has 7 heteroatoms. The summed E-state index contributed by atoms with van der Waals surface area (Å²) in [5.41, 5.74) is 3.04. The van der Waals surface area contributed by atoms with Crippen LogP contribution in [0.3, 0.4) is 0 Å². The summed E-state index contributed by atoms with van der Waals surface area (Å²) in [7, 11) is 3.18. The highest BCUT2D eigenvalue weighted by Crippen LogP contribution is 2.33.